The second-order valence-electron chi connectivity index (χ2n) is 7.73. The molecule has 0 aliphatic carbocycles. The minimum atomic E-state index is -0.129. The summed E-state index contributed by atoms with van der Waals surface area (Å²) in [5.41, 5.74) is 2.26. The molecule has 0 atom stereocenters. The smallest absolute Gasteiger partial charge is 0.280 e. The maximum Gasteiger partial charge on any atom is 0.280 e. The van der Waals surface area contributed by atoms with Crippen molar-refractivity contribution in [1.82, 2.24) is 19.7 Å². The van der Waals surface area contributed by atoms with E-state index in [1.54, 1.807) is 4.90 Å². The highest BCUT2D eigenvalue weighted by molar-refractivity contribution is 7.22. The fourth-order valence-corrected chi connectivity index (χ4v) is 4.87. The number of nitrogens with zero attached hydrogens (tertiary/aromatic N) is 5. The summed E-state index contributed by atoms with van der Waals surface area (Å²) >= 11 is 7.62. The van der Waals surface area contributed by atoms with Gasteiger partial charge in [0, 0.05) is 42.9 Å². The SMILES string of the molecule is Cc1cc(C(=O)N(CCN2CCOCC2)c2nc3ccc(Cl)cc3s2)nn1C(C)C.Cl. The van der Waals surface area contributed by atoms with Crippen LogP contribution in [0.4, 0.5) is 5.13 Å². The van der Waals surface area contributed by atoms with E-state index in [0.717, 1.165) is 48.8 Å². The Bertz CT molecular complexity index is 1050. The zero-order valence-corrected chi connectivity index (χ0v) is 20.3. The summed E-state index contributed by atoms with van der Waals surface area (Å²) in [5, 5.41) is 5.90. The number of aromatic nitrogens is 3. The summed E-state index contributed by atoms with van der Waals surface area (Å²) in [7, 11) is 0. The Hall–Kier alpha value is -1.71. The number of rotatable bonds is 6. The first kappa shape index (κ1) is 23.9. The number of thiazole rings is 1. The average molecular weight is 484 g/mol. The average Bonchev–Trinajstić information content (AvgIpc) is 3.32. The first-order valence-corrected chi connectivity index (χ1v) is 11.4. The van der Waals surface area contributed by atoms with Crippen molar-refractivity contribution in [3.8, 4) is 0 Å². The Kier molecular flexibility index (Phi) is 7.93. The van der Waals surface area contributed by atoms with Crippen molar-refractivity contribution < 1.29 is 9.53 Å². The molecule has 0 bridgehead atoms. The molecule has 0 N–H and O–H groups in total. The number of ether oxygens (including phenoxy) is 1. The van der Waals surface area contributed by atoms with Crippen molar-refractivity contribution in [1.29, 1.82) is 0 Å². The summed E-state index contributed by atoms with van der Waals surface area (Å²) in [4.78, 5) is 22.3. The van der Waals surface area contributed by atoms with Gasteiger partial charge in [-0.3, -0.25) is 19.3 Å². The lowest BCUT2D eigenvalue weighted by Crippen LogP contribution is -2.43. The zero-order chi connectivity index (χ0) is 21.3. The standard InChI is InChI=1S/C21H26ClN5O2S.ClH/c1-14(2)27-15(3)12-18(24-27)20(28)26(7-6-25-8-10-29-11-9-25)21-23-17-5-4-16(22)13-19(17)30-21;/h4-5,12-14H,6-11H2,1-3H3;1H. The number of halogens is 2. The van der Waals surface area contributed by atoms with E-state index in [4.69, 9.17) is 21.3 Å². The third kappa shape index (κ3) is 5.38. The lowest BCUT2D eigenvalue weighted by atomic mass is 10.3. The van der Waals surface area contributed by atoms with Crippen LogP contribution in [-0.2, 0) is 4.74 Å². The highest BCUT2D eigenvalue weighted by atomic mass is 35.5. The van der Waals surface area contributed by atoms with Gasteiger partial charge in [0.25, 0.3) is 5.91 Å². The normalized spacial score (nSPS) is 14.7. The van der Waals surface area contributed by atoms with E-state index in [1.807, 2.05) is 35.9 Å². The van der Waals surface area contributed by atoms with Gasteiger partial charge >= 0.3 is 0 Å². The molecular weight excluding hydrogens is 457 g/mol. The molecule has 7 nitrogen and oxygen atoms in total. The number of hydrogen-bond acceptors (Lipinski definition) is 6. The second kappa shape index (κ2) is 10.3. The largest absolute Gasteiger partial charge is 0.379 e. The summed E-state index contributed by atoms with van der Waals surface area (Å²) in [6.07, 6.45) is 0. The van der Waals surface area contributed by atoms with Crippen LogP contribution in [0.1, 0.15) is 36.1 Å². The summed E-state index contributed by atoms with van der Waals surface area (Å²) < 4.78 is 8.28. The number of anilines is 1. The van der Waals surface area contributed by atoms with Crippen LogP contribution in [0.15, 0.2) is 24.3 Å². The maximum atomic E-state index is 13.5. The van der Waals surface area contributed by atoms with E-state index in [1.165, 1.54) is 11.3 Å². The van der Waals surface area contributed by atoms with Crippen molar-refractivity contribution in [2.75, 3.05) is 44.3 Å². The zero-order valence-electron chi connectivity index (χ0n) is 17.9. The highest BCUT2D eigenvalue weighted by Gasteiger charge is 2.25. The lowest BCUT2D eigenvalue weighted by molar-refractivity contribution is 0.0391. The minimum absolute atomic E-state index is 0. The number of morpholine rings is 1. The van der Waals surface area contributed by atoms with Crippen LogP contribution in [0.25, 0.3) is 10.2 Å². The summed E-state index contributed by atoms with van der Waals surface area (Å²) in [5.74, 6) is -0.129. The second-order valence-corrected chi connectivity index (χ2v) is 9.17. The number of fused-ring (bicyclic) bond motifs is 1. The lowest BCUT2D eigenvalue weighted by Gasteiger charge is -2.29. The molecule has 1 fully saturated rings. The van der Waals surface area contributed by atoms with Crippen LogP contribution in [0.3, 0.4) is 0 Å². The maximum absolute atomic E-state index is 13.5. The van der Waals surface area contributed by atoms with Crippen LogP contribution in [0.2, 0.25) is 5.02 Å². The number of amides is 1. The van der Waals surface area contributed by atoms with Crippen LogP contribution in [0, 0.1) is 6.92 Å². The van der Waals surface area contributed by atoms with E-state index in [-0.39, 0.29) is 24.4 Å². The van der Waals surface area contributed by atoms with Crippen LogP contribution in [0.5, 0.6) is 0 Å². The Balaban J connectivity index is 0.00000272. The van der Waals surface area contributed by atoms with Gasteiger partial charge < -0.3 is 4.74 Å². The predicted octanol–water partition coefficient (Wildman–Crippen LogP) is 4.44. The Labute approximate surface area is 197 Å². The first-order chi connectivity index (χ1) is 14.4. The molecule has 0 spiro atoms. The fraction of sp³-hybridized carbons (Fsp3) is 0.476. The van der Waals surface area contributed by atoms with Crippen molar-refractivity contribution >= 4 is 56.6 Å². The number of carbonyl (C=O) groups excluding carboxylic acids is 1. The Morgan fingerprint density at radius 2 is 2.03 bits per heavy atom. The third-order valence-corrected chi connectivity index (χ3v) is 6.47. The van der Waals surface area contributed by atoms with Crippen molar-refractivity contribution in [2.45, 2.75) is 26.8 Å². The number of benzene rings is 1. The molecular formula is C21H27Cl2N5O2S. The molecule has 1 aliphatic heterocycles. The molecule has 4 rings (SSSR count). The minimum Gasteiger partial charge on any atom is -0.379 e. The number of hydrogen-bond donors (Lipinski definition) is 0. The molecule has 3 heterocycles. The van der Waals surface area contributed by atoms with Gasteiger partial charge in [-0.15, -0.1) is 12.4 Å². The Morgan fingerprint density at radius 1 is 1.29 bits per heavy atom. The van der Waals surface area contributed by atoms with Crippen molar-refractivity contribution in [3.05, 3.63) is 40.7 Å². The molecule has 0 radical (unpaired) electrons. The van der Waals surface area contributed by atoms with Crippen LogP contribution >= 0.6 is 35.3 Å². The van der Waals surface area contributed by atoms with Gasteiger partial charge in [0.15, 0.2) is 10.8 Å². The van der Waals surface area contributed by atoms with Crippen molar-refractivity contribution in [3.63, 3.8) is 0 Å². The van der Waals surface area contributed by atoms with E-state index in [2.05, 4.69) is 23.8 Å². The van der Waals surface area contributed by atoms with Gasteiger partial charge in [0.05, 0.1) is 23.4 Å². The highest BCUT2D eigenvalue weighted by Crippen LogP contribution is 2.31. The molecule has 1 saturated heterocycles. The molecule has 1 aromatic carbocycles. The topological polar surface area (TPSA) is 63.5 Å². The van der Waals surface area contributed by atoms with Crippen LogP contribution in [-0.4, -0.2) is 65.0 Å². The van der Waals surface area contributed by atoms with Crippen molar-refractivity contribution in [2.24, 2.45) is 0 Å². The molecule has 1 aliphatic rings. The monoisotopic (exact) mass is 483 g/mol. The number of aryl methyl sites for hydroxylation is 1. The fourth-order valence-electron chi connectivity index (χ4n) is 3.61. The van der Waals surface area contributed by atoms with Gasteiger partial charge in [-0.2, -0.15) is 5.10 Å². The van der Waals surface area contributed by atoms with Gasteiger partial charge in [-0.05, 0) is 45.0 Å². The quantitative estimate of drug-likeness (QED) is 0.518. The number of carbonyl (C=O) groups is 1. The van der Waals surface area contributed by atoms with Gasteiger partial charge in [-0.25, -0.2) is 4.98 Å². The molecule has 31 heavy (non-hydrogen) atoms. The molecule has 1 amide bonds. The third-order valence-electron chi connectivity index (χ3n) is 5.19. The molecule has 3 aromatic rings. The first-order valence-electron chi connectivity index (χ1n) is 10.2. The Morgan fingerprint density at radius 3 is 2.71 bits per heavy atom. The summed E-state index contributed by atoms with van der Waals surface area (Å²) in [6, 6.07) is 7.65. The van der Waals surface area contributed by atoms with Gasteiger partial charge in [0.2, 0.25) is 0 Å². The molecule has 2 aromatic heterocycles. The molecule has 0 saturated carbocycles. The van der Waals surface area contributed by atoms with Crippen LogP contribution < -0.4 is 4.90 Å². The van der Waals surface area contributed by atoms with E-state index in [0.29, 0.717) is 22.4 Å². The van der Waals surface area contributed by atoms with E-state index >= 15 is 0 Å². The van der Waals surface area contributed by atoms with Gasteiger partial charge in [-0.1, -0.05) is 22.9 Å². The molecule has 10 heteroatoms. The summed E-state index contributed by atoms with van der Waals surface area (Å²) in [6.45, 7) is 10.6. The molecule has 0 unspecified atom stereocenters. The predicted molar refractivity (Wildman–Crippen MR) is 128 cm³/mol. The van der Waals surface area contributed by atoms with E-state index in [9.17, 15) is 4.79 Å². The van der Waals surface area contributed by atoms with E-state index < -0.39 is 0 Å². The molecule has 168 valence electrons. The van der Waals surface area contributed by atoms with Gasteiger partial charge in [0.1, 0.15) is 0 Å².